The Bertz CT molecular complexity index is 1080. The highest BCUT2D eigenvalue weighted by molar-refractivity contribution is 9.10. The van der Waals surface area contributed by atoms with Crippen LogP contribution >= 0.6 is 27.7 Å². The summed E-state index contributed by atoms with van der Waals surface area (Å²) in [5.74, 6) is 0.723. The van der Waals surface area contributed by atoms with Crippen LogP contribution in [0.4, 0.5) is 5.69 Å². The molecule has 1 aromatic heterocycles. The molecule has 0 radical (unpaired) electrons. The summed E-state index contributed by atoms with van der Waals surface area (Å²) >= 11 is 4.73. The Hall–Kier alpha value is -2.78. The number of benzene rings is 2. The molecule has 4 rings (SSSR count). The van der Waals surface area contributed by atoms with Gasteiger partial charge in [0.25, 0.3) is 0 Å². The molecule has 7 nitrogen and oxygen atoms in total. The van der Waals surface area contributed by atoms with Gasteiger partial charge in [-0.3, -0.25) is 14.2 Å². The second-order valence-electron chi connectivity index (χ2n) is 6.20. The second-order valence-corrected chi connectivity index (χ2v) is 8.06. The van der Waals surface area contributed by atoms with Gasteiger partial charge in [-0.2, -0.15) is 0 Å². The number of carbonyl (C=O) groups excluding carboxylic acids is 2. The highest BCUT2D eigenvalue weighted by Gasteiger charge is 2.20. The maximum absolute atomic E-state index is 12.5. The molecule has 3 aromatic rings. The van der Waals surface area contributed by atoms with Crippen LogP contribution in [0.2, 0.25) is 0 Å². The Morgan fingerprint density at radius 1 is 1.21 bits per heavy atom. The average molecular weight is 474 g/mol. The maximum atomic E-state index is 12.5. The molecular weight excluding hydrogens is 458 g/mol. The van der Waals surface area contributed by atoms with Crippen molar-refractivity contribution in [2.24, 2.45) is 0 Å². The molecular formula is C20H16BrN3O4S. The number of amides is 1. The number of halogens is 1. The van der Waals surface area contributed by atoms with Gasteiger partial charge >= 0.3 is 0 Å². The van der Waals surface area contributed by atoms with E-state index in [9.17, 15) is 9.59 Å². The molecule has 1 N–H and O–H groups in total. The number of anilines is 1. The van der Waals surface area contributed by atoms with E-state index in [-0.39, 0.29) is 24.2 Å². The van der Waals surface area contributed by atoms with Gasteiger partial charge in [-0.05, 0) is 37.3 Å². The lowest BCUT2D eigenvalue weighted by Gasteiger charge is -2.11. The largest absolute Gasteiger partial charge is 0.454 e. The van der Waals surface area contributed by atoms with E-state index in [0.717, 1.165) is 10.2 Å². The summed E-state index contributed by atoms with van der Waals surface area (Å²) in [5, 5.41) is 3.49. The van der Waals surface area contributed by atoms with Crippen molar-refractivity contribution in [2.75, 3.05) is 17.9 Å². The van der Waals surface area contributed by atoms with E-state index in [1.165, 1.54) is 18.7 Å². The van der Waals surface area contributed by atoms with Gasteiger partial charge in [0.05, 0.1) is 11.4 Å². The molecule has 2 heterocycles. The average Bonchev–Trinajstić information content (AvgIpc) is 3.35. The van der Waals surface area contributed by atoms with Crippen LogP contribution in [0, 0.1) is 0 Å². The number of carbonyl (C=O) groups is 2. The lowest BCUT2D eigenvalue weighted by atomic mass is 10.1. The van der Waals surface area contributed by atoms with Crippen molar-refractivity contribution in [1.29, 1.82) is 0 Å². The Balaban J connectivity index is 1.46. The van der Waals surface area contributed by atoms with Crippen molar-refractivity contribution in [2.45, 2.75) is 12.1 Å². The minimum absolute atomic E-state index is 0.0959. The number of ether oxygens (including phenoxy) is 2. The summed E-state index contributed by atoms with van der Waals surface area (Å²) in [6.07, 6.45) is 3.53. The number of hydrogen-bond donors (Lipinski definition) is 1. The summed E-state index contributed by atoms with van der Waals surface area (Å²) in [4.78, 5) is 28.8. The van der Waals surface area contributed by atoms with E-state index < -0.39 is 0 Å². The van der Waals surface area contributed by atoms with E-state index in [1.54, 1.807) is 18.3 Å². The fourth-order valence-corrected chi connectivity index (χ4v) is 3.89. The molecule has 1 amide bonds. The molecule has 29 heavy (non-hydrogen) atoms. The number of aromatic nitrogens is 2. The maximum Gasteiger partial charge on any atom is 0.234 e. The van der Waals surface area contributed by atoms with Gasteiger partial charge in [0.1, 0.15) is 0 Å². The van der Waals surface area contributed by atoms with Gasteiger partial charge in [0.2, 0.25) is 12.7 Å². The zero-order valence-electron chi connectivity index (χ0n) is 15.3. The number of hydrogen-bond acceptors (Lipinski definition) is 6. The Morgan fingerprint density at radius 2 is 1.93 bits per heavy atom. The number of ketones is 1. The molecule has 0 saturated carbocycles. The lowest BCUT2D eigenvalue weighted by Crippen LogP contribution is -2.16. The van der Waals surface area contributed by atoms with Crippen LogP contribution in [0.25, 0.3) is 5.69 Å². The predicted molar refractivity (Wildman–Crippen MR) is 113 cm³/mol. The number of rotatable bonds is 6. The summed E-state index contributed by atoms with van der Waals surface area (Å²) in [7, 11) is 0. The minimum Gasteiger partial charge on any atom is -0.454 e. The third-order valence-electron chi connectivity index (χ3n) is 4.21. The quantitative estimate of drug-likeness (QED) is 0.424. The Labute approximate surface area is 179 Å². The third kappa shape index (κ3) is 4.30. The van der Waals surface area contributed by atoms with E-state index >= 15 is 0 Å². The van der Waals surface area contributed by atoms with Crippen molar-refractivity contribution < 1.29 is 19.1 Å². The fraction of sp³-hybridized carbons (Fsp3) is 0.150. The summed E-state index contributed by atoms with van der Waals surface area (Å²) in [6.45, 7) is 1.54. The lowest BCUT2D eigenvalue weighted by molar-refractivity contribution is -0.113. The topological polar surface area (TPSA) is 82.5 Å². The normalized spacial score (nSPS) is 12.1. The molecule has 1 aliphatic heterocycles. The summed E-state index contributed by atoms with van der Waals surface area (Å²) in [6, 6.07) is 11.0. The molecule has 1 aliphatic rings. The van der Waals surface area contributed by atoms with Crippen molar-refractivity contribution in [1.82, 2.24) is 9.55 Å². The standard InChI is InChI=1S/C20H16BrN3O4S/c1-12(25)15-8-17-18(28-11-27-17)9-16(15)23-19(26)10-29-20-22-6-7-24(20)14-4-2-13(21)3-5-14/h2-9H,10-11H2,1H3,(H,23,26). The van der Waals surface area contributed by atoms with Crippen LogP contribution < -0.4 is 14.8 Å². The van der Waals surface area contributed by atoms with Crippen molar-refractivity contribution in [3.8, 4) is 17.2 Å². The van der Waals surface area contributed by atoms with E-state index in [1.807, 2.05) is 35.0 Å². The smallest absolute Gasteiger partial charge is 0.234 e. The number of thioether (sulfide) groups is 1. The minimum atomic E-state index is -0.248. The first-order chi connectivity index (χ1) is 14.0. The summed E-state index contributed by atoms with van der Waals surface area (Å²) < 4.78 is 13.5. The van der Waals surface area contributed by atoms with Gasteiger partial charge < -0.3 is 14.8 Å². The number of fused-ring (bicyclic) bond motifs is 1. The molecule has 0 aliphatic carbocycles. The first-order valence-electron chi connectivity index (χ1n) is 8.68. The van der Waals surface area contributed by atoms with Crippen molar-refractivity contribution >= 4 is 45.1 Å². The highest BCUT2D eigenvalue weighted by Crippen LogP contribution is 2.37. The van der Waals surface area contributed by atoms with Gasteiger partial charge in [0, 0.05) is 34.2 Å². The highest BCUT2D eigenvalue weighted by atomic mass is 79.9. The number of imidazole rings is 1. The monoisotopic (exact) mass is 473 g/mol. The fourth-order valence-electron chi connectivity index (χ4n) is 2.85. The van der Waals surface area contributed by atoms with E-state index in [4.69, 9.17) is 9.47 Å². The Morgan fingerprint density at radius 3 is 2.66 bits per heavy atom. The van der Waals surface area contributed by atoms with Gasteiger partial charge in [-0.15, -0.1) is 0 Å². The van der Waals surface area contributed by atoms with Gasteiger partial charge in [-0.25, -0.2) is 4.98 Å². The first kappa shape index (κ1) is 19.5. The van der Waals surface area contributed by atoms with Crippen LogP contribution in [0.3, 0.4) is 0 Å². The van der Waals surface area contributed by atoms with E-state index in [2.05, 4.69) is 26.2 Å². The first-order valence-corrected chi connectivity index (χ1v) is 10.5. The predicted octanol–water partition coefficient (Wildman–Crippen LogP) is 4.30. The molecule has 0 unspecified atom stereocenters. The van der Waals surface area contributed by atoms with Crippen LogP contribution in [-0.2, 0) is 4.79 Å². The molecule has 0 bridgehead atoms. The third-order valence-corrected chi connectivity index (χ3v) is 5.71. The van der Waals surface area contributed by atoms with Gasteiger partial charge in [-0.1, -0.05) is 27.7 Å². The molecule has 0 saturated heterocycles. The Kier molecular flexibility index (Phi) is 5.59. The zero-order valence-corrected chi connectivity index (χ0v) is 17.7. The van der Waals surface area contributed by atoms with Crippen LogP contribution in [-0.4, -0.2) is 33.8 Å². The number of Topliss-reactive ketones (excluding diaryl/α,β-unsaturated/α-hetero) is 1. The number of nitrogens with zero attached hydrogens (tertiary/aromatic N) is 2. The van der Waals surface area contributed by atoms with Crippen molar-refractivity contribution in [3.63, 3.8) is 0 Å². The number of nitrogens with one attached hydrogen (secondary N) is 1. The van der Waals surface area contributed by atoms with Crippen LogP contribution in [0.15, 0.2) is 58.4 Å². The SMILES string of the molecule is CC(=O)c1cc2c(cc1NC(=O)CSc1nccn1-c1ccc(Br)cc1)OCO2. The molecule has 0 fully saturated rings. The second kappa shape index (κ2) is 8.30. The zero-order chi connectivity index (χ0) is 20.4. The van der Waals surface area contributed by atoms with E-state index in [0.29, 0.717) is 27.9 Å². The van der Waals surface area contributed by atoms with Crippen LogP contribution in [0.1, 0.15) is 17.3 Å². The molecule has 0 atom stereocenters. The molecule has 2 aromatic carbocycles. The van der Waals surface area contributed by atoms with Crippen molar-refractivity contribution in [3.05, 3.63) is 58.8 Å². The molecule has 0 spiro atoms. The summed E-state index contributed by atoms with van der Waals surface area (Å²) in [5.41, 5.74) is 1.73. The van der Waals surface area contributed by atoms with Crippen LogP contribution in [0.5, 0.6) is 11.5 Å². The van der Waals surface area contributed by atoms with Gasteiger partial charge in [0.15, 0.2) is 22.4 Å². The molecule has 9 heteroatoms. The molecule has 148 valence electrons.